The number of benzene rings is 1. The van der Waals surface area contributed by atoms with Crippen molar-refractivity contribution < 1.29 is 0 Å². The Morgan fingerprint density at radius 1 is 1.13 bits per heavy atom. The summed E-state index contributed by atoms with van der Waals surface area (Å²) in [6.07, 6.45) is 1.36. The van der Waals surface area contributed by atoms with Crippen LogP contribution in [0, 0.1) is 11.3 Å². The molecule has 4 nitrogen and oxygen atoms in total. The molecule has 0 saturated carbocycles. The van der Waals surface area contributed by atoms with E-state index in [1.54, 1.807) is 0 Å². The second-order valence-electron chi connectivity index (χ2n) is 2.96. The summed E-state index contributed by atoms with van der Waals surface area (Å²) in [5.41, 5.74) is 7.36. The molecule has 1 heterocycles. The molecule has 1 aromatic heterocycles. The van der Waals surface area contributed by atoms with Crippen LogP contribution in [-0.2, 0) is 0 Å². The maximum absolute atomic E-state index is 8.95. The first-order valence-corrected chi connectivity index (χ1v) is 4.39. The highest BCUT2D eigenvalue weighted by Gasteiger charge is 2.09. The van der Waals surface area contributed by atoms with Gasteiger partial charge in [-0.3, -0.25) is 0 Å². The van der Waals surface area contributed by atoms with E-state index in [2.05, 4.69) is 9.97 Å². The van der Waals surface area contributed by atoms with Crippen molar-refractivity contribution in [2.45, 2.75) is 0 Å². The minimum Gasteiger partial charge on any atom is -0.382 e. The summed E-state index contributed by atoms with van der Waals surface area (Å²) in [6, 6.07) is 11.4. The zero-order valence-electron chi connectivity index (χ0n) is 7.88. The number of hydrogen-bond donors (Lipinski definition) is 1. The molecule has 72 valence electrons. The molecule has 0 bridgehead atoms. The van der Waals surface area contributed by atoms with Crippen molar-refractivity contribution in [3.05, 3.63) is 42.2 Å². The number of nitrogen functional groups attached to an aromatic ring is 1. The Hall–Kier alpha value is -2.41. The third kappa shape index (κ3) is 1.63. The number of rotatable bonds is 1. The Bertz CT molecular complexity index is 514. The maximum Gasteiger partial charge on any atom is 0.145 e. The summed E-state index contributed by atoms with van der Waals surface area (Å²) >= 11 is 0. The largest absolute Gasteiger partial charge is 0.382 e. The molecule has 2 N–H and O–H groups in total. The van der Waals surface area contributed by atoms with Crippen LogP contribution >= 0.6 is 0 Å². The van der Waals surface area contributed by atoms with Crippen LogP contribution in [0.2, 0.25) is 0 Å². The van der Waals surface area contributed by atoms with E-state index in [4.69, 9.17) is 11.0 Å². The molecule has 15 heavy (non-hydrogen) atoms. The van der Waals surface area contributed by atoms with Crippen LogP contribution in [0.15, 0.2) is 36.7 Å². The van der Waals surface area contributed by atoms with Crippen molar-refractivity contribution in [2.24, 2.45) is 0 Å². The Kier molecular flexibility index (Phi) is 2.30. The average molecular weight is 196 g/mol. The zero-order valence-corrected chi connectivity index (χ0v) is 7.88. The summed E-state index contributed by atoms with van der Waals surface area (Å²) in [5, 5.41) is 8.95. The number of nitrogens with zero attached hydrogens (tertiary/aromatic N) is 3. The lowest BCUT2D eigenvalue weighted by atomic mass is 10.1. The van der Waals surface area contributed by atoms with E-state index in [-0.39, 0.29) is 5.82 Å². The fourth-order valence-electron chi connectivity index (χ4n) is 1.32. The number of aromatic nitrogens is 2. The van der Waals surface area contributed by atoms with Gasteiger partial charge in [0.2, 0.25) is 0 Å². The smallest absolute Gasteiger partial charge is 0.145 e. The third-order valence-electron chi connectivity index (χ3n) is 2.04. The SMILES string of the molecule is N#Cc1c(N)ncnc1-c1ccccc1. The quantitative estimate of drug-likeness (QED) is 0.751. The molecule has 0 radical (unpaired) electrons. The summed E-state index contributed by atoms with van der Waals surface area (Å²) in [5.74, 6) is 0.214. The van der Waals surface area contributed by atoms with Crippen molar-refractivity contribution in [1.29, 1.82) is 5.26 Å². The minimum absolute atomic E-state index is 0.214. The molecular formula is C11H8N4. The lowest BCUT2D eigenvalue weighted by Gasteiger charge is -2.03. The highest BCUT2D eigenvalue weighted by atomic mass is 14.9. The molecule has 0 amide bonds. The van der Waals surface area contributed by atoms with Crippen LogP contribution in [0.4, 0.5) is 5.82 Å². The van der Waals surface area contributed by atoms with E-state index < -0.39 is 0 Å². The van der Waals surface area contributed by atoms with E-state index in [0.717, 1.165) is 5.56 Å². The molecule has 0 aliphatic rings. The lowest BCUT2D eigenvalue weighted by Crippen LogP contribution is -1.99. The van der Waals surface area contributed by atoms with Crippen LogP contribution in [0.5, 0.6) is 0 Å². The molecular weight excluding hydrogens is 188 g/mol. The topological polar surface area (TPSA) is 75.6 Å². The summed E-state index contributed by atoms with van der Waals surface area (Å²) in [4.78, 5) is 7.85. The molecule has 0 aliphatic heterocycles. The number of nitriles is 1. The molecule has 0 aliphatic carbocycles. The van der Waals surface area contributed by atoms with Crippen LogP contribution in [-0.4, -0.2) is 9.97 Å². The van der Waals surface area contributed by atoms with Gasteiger partial charge in [0.25, 0.3) is 0 Å². The Balaban J connectivity index is 2.65. The molecule has 2 rings (SSSR count). The Morgan fingerprint density at radius 2 is 1.87 bits per heavy atom. The number of nitrogens with two attached hydrogens (primary N) is 1. The van der Waals surface area contributed by atoms with Crippen LogP contribution in [0.1, 0.15) is 5.56 Å². The van der Waals surface area contributed by atoms with Gasteiger partial charge in [0.05, 0.1) is 5.69 Å². The normalized spacial score (nSPS) is 9.53. The second-order valence-corrected chi connectivity index (χ2v) is 2.96. The number of anilines is 1. The van der Waals surface area contributed by atoms with Gasteiger partial charge in [0, 0.05) is 5.56 Å². The number of hydrogen-bond acceptors (Lipinski definition) is 4. The molecule has 2 aromatic rings. The van der Waals surface area contributed by atoms with Crippen molar-refractivity contribution in [2.75, 3.05) is 5.73 Å². The van der Waals surface area contributed by atoms with Gasteiger partial charge in [-0.15, -0.1) is 0 Å². The monoisotopic (exact) mass is 196 g/mol. The average Bonchev–Trinajstić information content (AvgIpc) is 2.30. The Labute approximate surface area is 87.0 Å². The highest BCUT2D eigenvalue weighted by Crippen LogP contribution is 2.22. The van der Waals surface area contributed by atoms with Gasteiger partial charge in [-0.05, 0) is 0 Å². The van der Waals surface area contributed by atoms with Crippen molar-refractivity contribution in [3.8, 4) is 17.3 Å². The predicted molar refractivity (Wildman–Crippen MR) is 56.6 cm³/mol. The fraction of sp³-hybridized carbons (Fsp3) is 0. The molecule has 0 spiro atoms. The second kappa shape index (κ2) is 3.76. The summed E-state index contributed by atoms with van der Waals surface area (Å²) in [7, 11) is 0. The van der Waals surface area contributed by atoms with Crippen LogP contribution in [0.3, 0.4) is 0 Å². The molecule has 1 aromatic carbocycles. The van der Waals surface area contributed by atoms with Gasteiger partial charge in [-0.1, -0.05) is 30.3 Å². The van der Waals surface area contributed by atoms with Gasteiger partial charge in [-0.2, -0.15) is 5.26 Å². The first kappa shape index (κ1) is 9.16. The molecule has 0 unspecified atom stereocenters. The van der Waals surface area contributed by atoms with E-state index in [1.165, 1.54) is 6.33 Å². The van der Waals surface area contributed by atoms with Crippen LogP contribution in [0.25, 0.3) is 11.3 Å². The van der Waals surface area contributed by atoms with E-state index >= 15 is 0 Å². The van der Waals surface area contributed by atoms with Gasteiger partial charge in [0.15, 0.2) is 0 Å². The standard InChI is InChI=1S/C11H8N4/c12-6-9-10(14-7-15-11(9)13)8-4-2-1-3-5-8/h1-5,7H,(H2,13,14,15). The molecule has 4 heteroatoms. The minimum atomic E-state index is 0.214. The van der Waals surface area contributed by atoms with Crippen molar-refractivity contribution in [1.82, 2.24) is 9.97 Å². The lowest BCUT2D eigenvalue weighted by molar-refractivity contribution is 1.17. The Morgan fingerprint density at radius 3 is 2.53 bits per heavy atom. The highest BCUT2D eigenvalue weighted by molar-refractivity contribution is 5.71. The molecule has 0 atom stereocenters. The summed E-state index contributed by atoms with van der Waals surface area (Å²) < 4.78 is 0. The van der Waals surface area contributed by atoms with Gasteiger partial charge in [0.1, 0.15) is 23.8 Å². The summed E-state index contributed by atoms with van der Waals surface area (Å²) in [6.45, 7) is 0. The first-order valence-electron chi connectivity index (χ1n) is 4.39. The maximum atomic E-state index is 8.95. The zero-order chi connectivity index (χ0) is 10.7. The van der Waals surface area contributed by atoms with Crippen molar-refractivity contribution >= 4 is 5.82 Å². The van der Waals surface area contributed by atoms with E-state index in [0.29, 0.717) is 11.3 Å². The third-order valence-corrected chi connectivity index (χ3v) is 2.04. The molecule has 0 saturated heterocycles. The van der Waals surface area contributed by atoms with E-state index in [1.807, 2.05) is 36.4 Å². The fourth-order valence-corrected chi connectivity index (χ4v) is 1.32. The predicted octanol–water partition coefficient (Wildman–Crippen LogP) is 1.60. The van der Waals surface area contributed by atoms with E-state index in [9.17, 15) is 0 Å². The van der Waals surface area contributed by atoms with Gasteiger partial charge >= 0.3 is 0 Å². The van der Waals surface area contributed by atoms with Gasteiger partial charge < -0.3 is 5.73 Å². The molecule has 0 fully saturated rings. The van der Waals surface area contributed by atoms with Gasteiger partial charge in [-0.25, -0.2) is 9.97 Å². The van der Waals surface area contributed by atoms with Crippen LogP contribution < -0.4 is 5.73 Å². The van der Waals surface area contributed by atoms with Crippen molar-refractivity contribution in [3.63, 3.8) is 0 Å². The first-order chi connectivity index (χ1) is 7.33.